The highest BCUT2D eigenvalue weighted by atomic mass is 16.5. The Morgan fingerprint density at radius 1 is 1.24 bits per heavy atom. The molecular weight excluding hydrogens is 218 g/mol. The number of ether oxygens (including phenoxy) is 2. The third kappa shape index (κ3) is 6.19. The molecule has 96 valence electrons. The maximum absolute atomic E-state index is 5.33. The molecule has 5 heteroatoms. The molecule has 0 saturated carbocycles. The Morgan fingerprint density at radius 3 is 2.65 bits per heavy atom. The van der Waals surface area contributed by atoms with Crippen LogP contribution in [0.15, 0.2) is 12.1 Å². The molecule has 0 spiro atoms. The molecule has 1 rings (SSSR count). The third-order valence-electron chi connectivity index (χ3n) is 2.09. The standard InChI is InChI=1S/C12H21N3O2/c1-10(2)8-13-9-11-4-5-12(15-14-11)17-7-6-16-3/h4-5,10,13H,6-9H2,1-3H3. The van der Waals surface area contributed by atoms with Gasteiger partial charge in [0, 0.05) is 19.7 Å². The lowest BCUT2D eigenvalue weighted by molar-refractivity contribution is 0.143. The van der Waals surface area contributed by atoms with Gasteiger partial charge in [-0.2, -0.15) is 5.10 Å². The molecule has 1 aromatic heterocycles. The number of methoxy groups -OCH3 is 1. The zero-order chi connectivity index (χ0) is 12.5. The van der Waals surface area contributed by atoms with Crippen molar-refractivity contribution >= 4 is 0 Å². The lowest BCUT2D eigenvalue weighted by Gasteiger charge is -2.07. The smallest absolute Gasteiger partial charge is 0.233 e. The second-order valence-electron chi connectivity index (χ2n) is 4.23. The maximum atomic E-state index is 5.33. The van der Waals surface area contributed by atoms with Crippen molar-refractivity contribution in [1.82, 2.24) is 15.5 Å². The molecule has 0 aliphatic carbocycles. The summed E-state index contributed by atoms with van der Waals surface area (Å²) in [5.74, 6) is 1.18. The first-order valence-electron chi connectivity index (χ1n) is 5.87. The fourth-order valence-corrected chi connectivity index (χ4v) is 1.24. The van der Waals surface area contributed by atoms with Gasteiger partial charge in [-0.1, -0.05) is 13.8 Å². The molecule has 0 fully saturated rings. The van der Waals surface area contributed by atoms with Crippen LogP contribution >= 0.6 is 0 Å². The molecule has 0 unspecified atom stereocenters. The van der Waals surface area contributed by atoms with Crippen LogP contribution < -0.4 is 10.1 Å². The van der Waals surface area contributed by atoms with Gasteiger partial charge in [0.15, 0.2) is 0 Å². The van der Waals surface area contributed by atoms with Crippen LogP contribution in [0.25, 0.3) is 0 Å². The van der Waals surface area contributed by atoms with Gasteiger partial charge >= 0.3 is 0 Å². The Labute approximate surface area is 103 Å². The van der Waals surface area contributed by atoms with E-state index in [4.69, 9.17) is 9.47 Å². The highest BCUT2D eigenvalue weighted by Crippen LogP contribution is 2.04. The molecule has 1 aromatic rings. The first kappa shape index (κ1) is 13.9. The second-order valence-corrected chi connectivity index (χ2v) is 4.23. The maximum Gasteiger partial charge on any atom is 0.233 e. The Morgan fingerprint density at radius 2 is 2.06 bits per heavy atom. The van der Waals surface area contributed by atoms with Crippen LogP contribution in [0, 0.1) is 5.92 Å². The largest absolute Gasteiger partial charge is 0.474 e. The summed E-state index contributed by atoms with van der Waals surface area (Å²) in [5.41, 5.74) is 0.921. The Balaban J connectivity index is 2.29. The van der Waals surface area contributed by atoms with Crippen LogP contribution in [0.5, 0.6) is 5.88 Å². The van der Waals surface area contributed by atoms with E-state index in [1.165, 1.54) is 0 Å². The summed E-state index contributed by atoms with van der Waals surface area (Å²) >= 11 is 0. The van der Waals surface area contributed by atoms with E-state index in [-0.39, 0.29) is 0 Å². The number of hydrogen-bond acceptors (Lipinski definition) is 5. The highest BCUT2D eigenvalue weighted by Gasteiger charge is 1.99. The monoisotopic (exact) mass is 239 g/mol. The number of nitrogens with one attached hydrogen (secondary N) is 1. The number of aromatic nitrogens is 2. The van der Waals surface area contributed by atoms with Gasteiger partial charge in [0.05, 0.1) is 12.3 Å². The van der Waals surface area contributed by atoms with E-state index in [9.17, 15) is 0 Å². The molecule has 0 aliphatic rings. The topological polar surface area (TPSA) is 56.3 Å². The molecule has 1 heterocycles. The molecular formula is C12H21N3O2. The molecule has 1 N–H and O–H groups in total. The summed E-state index contributed by atoms with van der Waals surface area (Å²) < 4.78 is 10.2. The molecule has 0 aromatic carbocycles. The van der Waals surface area contributed by atoms with E-state index in [1.54, 1.807) is 7.11 Å². The van der Waals surface area contributed by atoms with Crippen LogP contribution in [0.2, 0.25) is 0 Å². The third-order valence-corrected chi connectivity index (χ3v) is 2.09. The average molecular weight is 239 g/mol. The first-order chi connectivity index (χ1) is 8.22. The van der Waals surface area contributed by atoms with Crippen molar-refractivity contribution in [2.45, 2.75) is 20.4 Å². The molecule has 0 radical (unpaired) electrons. The molecule has 0 atom stereocenters. The van der Waals surface area contributed by atoms with Gasteiger partial charge in [-0.25, -0.2) is 0 Å². The van der Waals surface area contributed by atoms with Gasteiger partial charge in [-0.3, -0.25) is 0 Å². The van der Waals surface area contributed by atoms with Crippen molar-refractivity contribution in [1.29, 1.82) is 0 Å². The minimum absolute atomic E-state index is 0.496. The van der Waals surface area contributed by atoms with E-state index >= 15 is 0 Å². The van der Waals surface area contributed by atoms with Crippen LogP contribution in [-0.2, 0) is 11.3 Å². The van der Waals surface area contributed by atoms with E-state index < -0.39 is 0 Å². The first-order valence-corrected chi connectivity index (χ1v) is 5.87. The summed E-state index contributed by atoms with van der Waals surface area (Å²) in [5, 5.41) is 11.4. The van der Waals surface area contributed by atoms with Crippen molar-refractivity contribution in [3.05, 3.63) is 17.8 Å². The molecule has 0 aliphatic heterocycles. The fraction of sp³-hybridized carbons (Fsp3) is 0.667. The van der Waals surface area contributed by atoms with Crippen LogP contribution in [0.1, 0.15) is 19.5 Å². The van der Waals surface area contributed by atoms with Crippen molar-refractivity contribution < 1.29 is 9.47 Å². The molecule has 0 amide bonds. The van der Waals surface area contributed by atoms with E-state index in [0.29, 0.717) is 25.0 Å². The summed E-state index contributed by atoms with van der Waals surface area (Å²) in [6, 6.07) is 3.75. The van der Waals surface area contributed by atoms with Crippen LogP contribution in [0.3, 0.4) is 0 Å². The predicted molar refractivity (Wildman–Crippen MR) is 65.9 cm³/mol. The Bertz CT molecular complexity index is 301. The van der Waals surface area contributed by atoms with Gasteiger partial charge in [0.25, 0.3) is 0 Å². The van der Waals surface area contributed by atoms with E-state index in [0.717, 1.165) is 18.8 Å². The SMILES string of the molecule is COCCOc1ccc(CNCC(C)C)nn1. The van der Waals surface area contributed by atoms with Crippen molar-refractivity contribution in [2.75, 3.05) is 26.9 Å². The van der Waals surface area contributed by atoms with Gasteiger partial charge in [0.2, 0.25) is 5.88 Å². The average Bonchev–Trinajstić information content (AvgIpc) is 2.31. The van der Waals surface area contributed by atoms with Crippen LogP contribution in [-0.4, -0.2) is 37.1 Å². The quantitative estimate of drug-likeness (QED) is 0.692. The van der Waals surface area contributed by atoms with E-state index in [2.05, 4.69) is 29.4 Å². The Hall–Kier alpha value is -1.20. The predicted octanol–water partition coefficient (Wildman–Crippen LogP) is 1.25. The zero-order valence-corrected chi connectivity index (χ0v) is 10.8. The normalized spacial score (nSPS) is 10.8. The second kappa shape index (κ2) is 7.97. The van der Waals surface area contributed by atoms with Crippen molar-refractivity contribution in [2.24, 2.45) is 5.92 Å². The van der Waals surface area contributed by atoms with Crippen molar-refractivity contribution in [3.8, 4) is 5.88 Å². The van der Waals surface area contributed by atoms with Gasteiger partial charge < -0.3 is 14.8 Å². The number of nitrogens with zero attached hydrogens (tertiary/aromatic N) is 2. The van der Waals surface area contributed by atoms with Gasteiger partial charge in [0.1, 0.15) is 6.61 Å². The number of rotatable bonds is 8. The van der Waals surface area contributed by atoms with Crippen LogP contribution in [0.4, 0.5) is 0 Å². The van der Waals surface area contributed by atoms with Gasteiger partial charge in [-0.15, -0.1) is 5.10 Å². The summed E-state index contributed by atoms with van der Waals surface area (Å²) in [6.07, 6.45) is 0. The zero-order valence-electron chi connectivity index (χ0n) is 10.8. The lowest BCUT2D eigenvalue weighted by atomic mass is 10.2. The number of hydrogen-bond donors (Lipinski definition) is 1. The minimum Gasteiger partial charge on any atom is -0.474 e. The Kier molecular flexibility index (Phi) is 6.50. The molecule has 0 bridgehead atoms. The lowest BCUT2D eigenvalue weighted by Crippen LogP contribution is -2.19. The summed E-state index contributed by atoms with van der Waals surface area (Å²) in [4.78, 5) is 0. The summed E-state index contributed by atoms with van der Waals surface area (Å²) in [7, 11) is 1.64. The minimum atomic E-state index is 0.496. The van der Waals surface area contributed by atoms with E-state index in [1.807, 2.05) is 12.1 Å². The van der Waals surface area contributed by atoms with Crippen molar-refractivity contribution in [3.63, 3.8) is 0 Å². The molecule has 5 nitrogen and oxygen atoms in total. The van der Waals surface area contributed by atoms with Gasteiger partial charge in [-0.05, 0) is 18.5 Å². The summed E-state index contributed by atoms with van der Waals surface area (Å²) in [6.45, 7) is 7.11. The fourth-order valence-electron chi connectivity index (χ4n) is 1.24. The molecule has 0 saturated heterocycles. The highest BCUT2D eigenvalue weighted by molar-refractivity contribution is 5.11. The molecule has 17 heavy (non-hydrogen) atoms.